The van der Waals surface area contributed by atoms with Gasteiger partial charge in [-0.25, -0.2) is 0 Å². The van der Waals surface area contributed by atoms with E-state index in [1.54, 1.807) is 14.0 Å². The number of hydrogen-bond donors (Lipinski definition) is 2. The summed E-state index contributed by atoms with van der Waals surface area (Å²) in [5.41, 5.74) is 1.02. The third-order valence-electron chi connectivity index (χ3n) is 2.88. The molecule has 0 aromatic heterocycles. The van der Waals surface area contributed by atoms with Crippen LogP contribution in [0.4, 0.5) is 0 Å². The van der Waals surface area contributed by atoms with Gasteiger partial charge in [0.05, 0.1) is 11.1 Å². The van der Waals surface area contributed by atoms with Crippen molar-refractivity contribution >= 4 is 21.8 Å². The standard InChI is InChI=1S/C15H23BrN2O3/c1-4-17-10-12-6-5-7-13(16)14(12)21-11(2)15(19)18-8-9-20-3/h5-7,11,17H,4,8-10H2,1-3H3,(H,18,19). The van der Waals surface area contributed by atoms with Crippen LogP contribution >= 0.6 is 15.9 Å². The SMILES string of the molecule is CCNCc1cccc(Br)c1OC(C)C(=O)NCCOC. The van der Waals surface area contributed by atoms with Crippen LogP contribution in [-0.4, -0.2) is 38.8 Å². The van der Waals surface area contributed by atoms with Crippen molar-refractivity contribution in [2.75, 3.05) is 26.8 Å². The van der Waals surface area contributed by atoms with Crippen molar-refractivity contribution in [3.05, 3.63) is 28.2 Å². The second-order valence-electron chi connectivity index (χ2n) is 4.55. The largest absolute Gasteiger partial charge is 0.479 e. The first kappa shape index (κ1) is 17.9. The van der Waals surface area contributed by atoms with Gasteiger partial charge in [0.1, 0.15) is 5.75 Å². The number of nitrogens with one attached hydrogen (secondary N) is 2. The second-order valence-corrected chi connectivity index (χ2v) is 5.41. The number of carbonyl (C=O) groups is 1. The number of hydrogen-bond acceptors (Lipinski definition) is 4. The number of ether oxygens (including phenoxy) is 2. The van der Waals surface area contributed by atoms with Crippen molar-refractivity contribution < 1.29 is 14.3 Å². The molecule has 21 heavy (non-hydrogen) atoms. The number of rotatable bonds is 9. The smallest absolute Gasteiger partial charge is 0.260 e. The number of para-hydroxylation sites is 1. The van der Waals surface area contributed by atoms with Gasteiger partial charge in [0, 0.05) is 25.8 Å². The monoisotopic (exact) mass is 358 g/mol. The third-order valence-corrected chi connectivity index (χ3v) is 3.51. The van der Waals surface area contributed by atoms with E-state index in [2.05, 4.69) is 26.6 Å². The molecular formula is C15H23BrN2O3. The van der Waals surface area contributed by atoms with Crippen LogP contribution in [0.5, 0.6) is 5.75 Å². The van der Waals surface area contributed by atoms with Crippen molar-refractivity contribution in [2.24, 2.45) is 0 Å². The van der Waals surface area contributed by atoms with E-state index in [-0.39, 0.29) is 5.91 Å². The normalized spacial score (nSPS) is 12.0. The zero-order chi connectivity index (χ0) is 15.7. The summed E-state index contributed by atoms with van der Waals surface area (Å²) < 4.78 is 11.6. The van der Waals surface area contributed by atoms with E-state index >= 15 is 0 Å². The molecular weight excluding hydrogens is 336 g/mol. The molecule has 0 aliphatic rings. The van der Waals surface area contributed by atoms with Gasteiger partial charge < -0.3 is 20.1 Å². The van der Waals surface area contributed by atoms with Crippen molar-refractivity contribution in [3.8, 4) is 5.75 Å². The average molecular weight is 359 g/mol. The average Bonchev–Trinajstić information content (AvgIpc) is 2.47. The number of carbonyl (C=O) groups excluding carboxylic acids is 1. The maximum Gasteiger partial charge on any atom is 0.260 e. The van der Waals surface area contributed by atoms with Crippen LogP contribution in [0.3, 0.4) is 0 Å². The number of amides is 1. The first-order valence-corrected chi connectivity index (χ1v) is 7.80. The summed E-state index contributed by atoms with van der Waals surface area (Å²) in [6, 6.07) is 5.84. The Morgan fingerprint density at radius 2 is 2.19 bits per heavy atom. The number of benzene rings is 1. The van der Waals surface area contributed by atoms with E-state index in [1.807, 2.05) is 25.1 Å². The summed E-state index contributed by atoms with van der Waals surface area (Å²) in [6.07, 6.45) is -0.569. The Hall–Kier alpha value is -1.11. The molecule has 1 rings (SSSR count). The molecule has 1 unspecified atom stereocenters. The van der Waals surface area contributed by atoms with E-state index < -0.39 is 6.10 Å². The minimum Gasteiger partial charge on any atom is -0.479 e. The summed E-state index contributed by atoms with van der Waals surface area (Å²) >= 11 is 3.48. The lowest BCUT2D eigenvalue weighted by atomic mass is 10.2. The van der Waals surface area contributed by atoms with Crippen molar-refractivity contribution in [1.82, 2.24) is 10.6 Å². The summed E-state index contributed by atoms with van der Waals surface area (Å²) in [6.45, 7) is 6.31. The minimum absolute atomic E-state index is 0.155. The van der Waals surface area contributed by atoms with Gasteiger partial charge in [-0.2, -0.15) is 0 Å². The summed E-state index contributed by atoms with van der Waals surface area (Å²) in [4.78, 5) is 11.9. The van der Waals surface area contributed by atoms with Crippen LogP contribution in [0, 0.1) is 0 Å². The molecule has 1 atom stereocenters. The maximum atomic E-state index is 11.9. The highest BCUT2D eigenvalue weighted by Gasteiger charge is 2.17. The summed E-state index contributed by atoms with van der Waals surface area (Å²) in [7, 11) is 1.60. The van der Waals surface area contributed by atoms with Gasteiger partial charge in [-0.05, 0) is 35.5 Å². The molecule has 0 saturated heterocycles. The van der Waals surface area contributed by atoms with Gasteiger partial charge in [0.25, 0.3) is 5.91 Å². The quantitative estimate of drug-likeness (QED) is 0.663. The lowest BCUT2D eigenvalue weighted by Gasteiger charge is -2.18. The zero-order valence-corrected chi connectivity index (χ0v) is 14.3. The van der Waals surface area contributed by atoms with E-state index in [4.69, 9.17) is 9.47 Å². The molecule has 0 saturated carbocycles. The van der Waals surface area contributed by atoms with Crippen LogP contribution in [0.1, 0.15) is 19.4 Å². The molecule has 6 heteroatoms. The Morgan fingerprint density at radius 3 is 2.86 bits per heavy atom. The Kier molecular flexibility index (Phi) is 8.34. The fourth-order valence-corrected chi connectivity index (χ4v) is 2.24. The van der Waals surface area contributed by atoms with Gasteiger partial charge in [0.2, 0.25) is 0 Å². The summed E-state index contributed by atoms with van der Waals surface area (Å²) in [5.74, 6) is 0.546. The first-order valence-electron chi connectivity index (χ1n) is 7.01. The molecule has 0 aliphatic carbocycles. The van der Waals surface area contributed by atoms with Crippen LogP contribution in [0.2, 0.25) is 0 Å². The lowest BCUT2D eigenvalue weighted by Crippen LogP contribution is -2.38. The summed E-state index contributed by atoms with van der Waals surface area (Å²) in [5, 5.41) is 6.02. The molecule has 0 spiro atoms. The predicted molar refractivity (Wildman–Crippen MR) is 86.5 cm³/mol. The molecule has 5 nitrogen and oxygen atoms in total. The third kappa shape index (κ3) is 6.03. The maximum absolute atomic E-state index is 11.9. The molecule has 0 radical (unpaired) electrons. The van der Waals surface area contributed by atoms with Gasteiger partial charge >= 0.3 is 0 Å². The lowest BCUT2D eigenvalue weighted by molar-refractivity contribution is -0.127. The Morgan fingerprint density at radius 1 is 1.43 bits per heavy atom. The minimum atomic E-state index is -0.569. The molecule has 0 aliphatic heterocycles. The van der Waals surface area contributed by atoms with Crippen LogP contribution < -0.4 is 15.4 Å². The van der Waals surface area contributed by atoms with E-state index in [9.17, 15) is 4.79 Å². The highest BCUT2D eigenvalue weighted by Crippen LogP contribution is 2.30. The van der Waals surface area contributed by atoms with Gasteiger partial charge in [0.15, 0.2) is 6.10 Å². The molecule has 1 aromatic rings. The van der Waals surface area contributed by atoms with Crippen molar-refractivity contribution in [2.45, 2.75) is 26.5 Å². The fraction of sp³-hybridized carbons (Fsp3) is 0.533. The molecule has 1 amide bonds. The Bertz CT molecular complexity index is 455. The molecule has 0 fully saturated rings. The molecule has 118 valence electrons. The first-order chi connectivity index (χ1) is 10.1. The Labute approximate surface area is 134 Å². The topological polar surface area (TPSA) is 59.6 Å². The molecule has 0 bridgehead atoms. The van der Waals surface area contributed by atoms with Gasteiger partial charge in [-0.3, -0.25) is 4.79 Å². The highest BCUT2D eigenvalue weighted by molar-refractivity contribution is 9.10. The van der Waals surface area contributed by atoms with Crippen LogP contribution in [0.25, 0.3) is 0 Å². The van der Waals surface area contributed by atoms with Crippen molar-refractivity contribution in [3.63, 3.8) is 0 Å². The van der Waals surface area contributed by atoms with Gasteiger partial charge in [-0.15, -0.1) is 0 Å². The Balaban J connectivity index is 2.69. The van der Waals surface area contributed by atoms with E-state index in [0.717, 1.165) is 16.6 Å². The molecule has 2 N–H and O–H groups in total. The van der Waals surface area contributed by atoms with E-state index in [1.165, 1.54) is 0 Å². The van der Waals surface area contributed by atoms with Crippen LogP contribution in [0.15, 0.2) is 22.7 Å². The second kappa shape index (κ2) is 9.76. The molecule has 1 aromatic carbocycles. The van der Waals surface area contributed by atoms with Gasteiger partial charge in [-0.1, -0.05) is 19.1 Å². The number of methoxy groups -OCH3 is 1. The predicted octanol–water partition coefficient (Wildman–Crippen LogP) is 2.09. The van der Waals surface area contributed by atoms with Crippen LogP contribution in [-0.2, 0) is 16.1 Å². The number of halogens is 1. The highest BCUT2D eigenvalue weighted by atomic mass is 79.9. The van der Waals surface area contributed by atoms with E-state index in [0.29, 0.717) is 25.4 Å². The zero-order valence-electron chi connectivity index (χ0n) is 12.7. The molecule has 0 heterocycles. The fourth-order valence-electron chi connectivity index (χ4n) is 1.73. The van der Waals surface area contributed by atoms with Crippen molar-refractivity contribution in [1.29, 1.82) is 0 Å².